The Morgan fingerprint density at radius 3 is 2.71 bits per heavy atom. The van der Waals surface area contributed by atoms with E-state index in [0.717, 1.165) is 0 Å². The molecule has 2 aromatic heterocycles. The third-order valence-corrected chi connectivity index (χ3v) is 2.38. The molecule has 0 unspecified atom stereocenters. The number of hydrogen-bond acceptors (Lipinski definition) is 2. The summed E-state index contributed by atoms with van der Waals surface area (Å²) in [4.78, 5) is 28.2. The first-order valence-corrected chi connectivity index (χ1v) is 4.95. The molecule has 0 aliphatic carbocycles. The van der Waals surface area contributed by atoms with E-state index in [0.29, 0.717) is 11.4 Å². The maximum atomic E-state index is 11.7. The highest BCUT2D eigenvalue weighted by Crippen LogP contribution is 2.19. The van der Waals surface area contributed by atoms with Gasteiger partial charge in [0.15, 0.2) is 0 Å². The average Bonchev–Trinajstić information content (AvgIpc) is 2.87. The fourth-order valence-electron chi connectivity index (χ4n) is 1.56. The van der Waals surface area contributed by atoms with Crippen LogP contribution in [0.15, 0.2) is 24.5 Å². The number of hydrogen-bond donors (Lipinski definition) is 4. The number of carboxylic acids is 1. The van der Waals surface area contributed by atoms with Crippen molar-refractivity contribution < 1.29 is 14.7 Å². The first kappa shape index (κ1) is 11.0. The number of nitrogens with one attached hydrogen (secondary N) is 3. The first-order chi connectivity index (χ1) is 8.09. The van der Waals surface area contributed by atoms with E-state index in [9.17, 15) is 9.59 Å². The largest absolute Gasteiger partial charge is 0.478 e. The molecule has 0 aliphatic heterocycles. The summed E-state index contributed by atoms with van der Waals surface area (Å²) in [5.41, 5.74) is 1.21. The number of carbonyl (C=O) groups is 2. The van der Waals surface area contributed by atoms with Crippen molar-refractivity contribution in [2.75, 3.05) is 5.32 Å². The zero-order valence-electron chi connectivity index (χ0n) is 9.07. The smallest absolute Gasteiger partial charge is 0.339 e. The van der Waals surface area contributed by atoms with E-state index in [1.54, 1.807) is 25.3 Å². The van der Waals surface area contributed by atoms with Gasteiger partial charge in [0.05, 0.1) is 5.69 Å². The Labute approximate surface area is 96.7 Å². The van der Waals surface area contributed by atoms with Crippen LogP contribution in [-0.2, 0) is 0 Å². The van der Waals surface area contributed by atoms with E-state index in [2.05, 4.69) is 15.3 Å². The van der Waals surface area contributed by atoms with Crippen molar-refractivity contribution >= 4 is 17.6 Å². The average molecular weight is 233 g/mol. The van der Waals surface area contributed by atoms with Crippen LogP contribution in [0, 0.1) is 6.92 Å². The van der Waals surface area contributed by atoms with Crippen LogP contribution in [-0.4, -0.2) is 27.0 Å². The van der Waals surface area contributed by atoms with Crippen LogP contribution in [0.2, 0.25) is 0 Å². The summed E-state index contributed by atoms with van der Waals surface area (Å²) in [6.45, 7) is 1.63. The molecule has 4 N–H and O–H groups in total. The second-order valence-corrected chi connectivity index (χ2v) is 3.55. The fourth-order valence-corrected chi connectivity index (χ4v) is 1.56. The minimum atomic E-state index is -1.08. The van der Waals surface area contributed by atoms with Gasteiger partial charge in [0.25, 0.3) is 5.91 Å². The normalized spacial score (nSPS) is 10.2. The molecule has 17 heavy (non-hydrogen) atoms. The number of H-pyrrole nitrogens is 2. The lowest BCUT2D eigenvalue weighted by molar-refractivity contribution is 0.0697. The highest BCUT2D eigenvalue weighted by Gasteiger charge is 2.17. The molecule has 0 fully saturated rings. The molecule has 0 saturated carbocycles. The third-order valence-electron chi connectivity index (χ3n) is 2.38. The van der Waals surface area contributed by atoms with Gasteiger partial charge in [-0.05, 0) is 19.1 Å². The summed E-state index contributed by atoms with van der Waals surface area (Å²) >= 11 is 0. The molecule has 0 bridgehead atoms. The molecule has 2 rings (SSSR count). The Morgan fingerprint density at radius 2 is 2.12 bits per heavy atom. The number of aryl methyl sites for hydroxylation is 1. The zero-order valence-corrected chi connectivity index (χ0v) is 9.07. The summed E-state index contributed by atoms with van der Waals surface area (Å²) in [6, 6.07) is 3.30. The van der Waals surface area contributed by atoms with Gasteiger partial charge in [-0.3, -0.25) is 4.79 Å². The lowest BCUT2D eigenvalue weighted by Gasteiger charge is -2.03. The van der Waals surface area contributed by atoms with Gasteiger partial charge >= 0.3 is 5.97 Å². The number of carbonyl (C=O) groups excluding carboxylic acids is 1. The van der Waals surface area contributed by atoms with Crippen LogP contribution < -0.4 is 5.32 Å². The van der Waals surface area contributed by atoms with Gasteiger partial charge in [-0.1, -0.05) is 0 Å². The van der Waals surface area contributed by atoms with Gasteiger partial charge in [0.2, 0.25) is 0 Å². The van der Waals surface area contributed by atoms with E-state index >= 15 is 0 Å². The summed E-state index contributed by atoms with van der Waals surface area (Å²) in [5.74, 6) is -1.46. The molecule has 0 aromatic carbocycles. The van der Waals surface area contributed by atoms with Crippen molar-refractivity contribution in [1.29, 1.82) is 0 Å². The molecule has 0 saturated heterocycles. The Kier molecular flexibility index (Phi) is 2.70. The topological polar surface area (TPSA) is 98.0 Å². The molecule has 1 amide bonds. The van der Waals surface area contributed by atoms with Crippen LogP contribution in [0.5, 0.6) is 0 Å². The summed E-state index contributed by atoms with van der Waals surface area (Å²) in [7, 11) is 0. The first-order valence-electron chi connectivity index (χ1n) is 4.95. The van der Waals surface area contributed by atoms with Gasteiger partial charge < -0.3 is 20.4 Å². The highest BCUT2D eigenvalue weighted by molar-refractivity contribution is 6.07. The third kappa shape index (κ3) is 2.05. The van der Waals surface area contributed by atoms with Crippen LogP contribution in [0.1, 0.15) is 26.5 Å². The maximum Gasteiger partial charge on any atom is 0.339 e. The fraction of sp³-hybridized carbons (Fsp3) is 0.0909. The zero-order chi connectivity index (χ0) is 12.4. The van der Waals surface area contributed by atoms with Crippen LogP contribution in [0.4, 0.5) is 5.69 Å². The summed E-state index contributed by atoms with van der Waals surface area (Å²) in [5, 5.41) is 11.5. The number of aromatic amines is 2. The molecule has 6 heteroatoms. The molecule has 0 radical (unpaired) electrons. The lowest BCUT2D eigenvalue weighted by Crippen LogP contribution is -2.14. The number of carboxylic acid groups (broad SMARTS) is 1. The van der Waals surface area contributed by atoms with Crippen molar-refractivity contribution in [2.45, 2.75) is 6.92 Å². The Morgan fingerprint density at radius 1 is 1.35 bits per heavy atom. The molecule has 0 spiro atoms. The van der Waals surface area contributed by atoms with E-state index in [1.807, 2.05) is 0 Å². The Bertz CT molecular complexity index is 555. The summed E-state index contributed by atoms with van der Waals surface area (Å²) in [6.07, 6.45) is 3.08. The van der Waals surface area contributed by atoms with Gasteiger partial charge in [-0.2, -0.15) is 0 Å². The van der Waals surface area contributed by atoms with Crippen LogP contribution >= 0.6 is 0 Å². The lowest BCUT2D eigenvalue weighted by atomic mass is 10.2. The van der Waals surface area contributed by atoms with Crippen molar-refractivity contribution in [2.24, 2.45) is 0 Å². The highest BCUT2D eigenvalue weighted by atomic mass is 16.4. The van der Waals surface area contributed by atoms with Crippen LogP contribution in [0.25, 0.3) is 0 Å². The maximum absolute atomic E-state index is 11.7. The molecule has 0 aliphatic rings. The number of aromatic carboxylic acids is 1. The van der Waals surface area contributed by atoms with Gasteiger partial charge in [-0.15, -0.1) is 0 Å². The predicted molar refractivity (Wildman–Crippen MR) is 61.2 cm³/mol. The SMILES string of the molecule is Cc1[nH]cc(NC(=O)c2ccc[nH]2)c1C(=O)O. The number of rotatable bonds is 3. The monoisotopic (exact) mass is 233 g/mol. The molecular formula is C11H11N3O3. The van der Waals surface area contributed by atoms with Gasteiger partial charge in [-0.25, -0.2) is 4.79 Å². The van der Waals surface area contributed by atoms with Crippen molar-refractivity contribution in [3.63, 3.8) is 0 Å². The molecule has 6 nitrogen and oxygen atoms in total. The van der Waals surface area contributed by atoms with E-state index in [1.165, 1.54) is 6.20 Å². The van der Waals surface area contributed by atoms with Crippen molar-refractivity contribution in [3.05, 3.63) is 41.5 Å². The minimum Gasteiger partial charge on any atom is -0.478 e. The van der Waals surface area contributed by atoms with Crippen molar-refractivity contribution in [1.82, 2.24) is 9.97 Å². The number of aromatic nitrogens is 2. The number of amides is 1. The molecule has 0 atom stereocenters. The molecule has 2 heterocycles. The standard InChI is InChI=1S/C11H11N3O3/c1-6-9(11(16)17)8(5-13-6)14-10(15)7-3-2-4-12-7/h2-5,12-13H,1H3,(H,14,15)(H,16,17). The quantitative estimate of drug-likeness (QED) is 0.648. The van der Waals surface area contributed by atoms with E-state index < -0.39 is 5.97 Å². The van der Waals surface area contributed by atoms with Gasteiger partial charge in [0.1, 0.15) is 11.3 Å². The predicted octanol–water partition coefficient (Wildman–Crippen LogP) is 1.60. The van der Waals surface area contributed by atoms with E-state index in [-0.39, 0.29) is 17.2 Å². The second-order valence-electron chi connectivity index (χ2n) is 3.55. The van der Waals surface area contributed by atoms with Crippen molar-refractivity contribution in [3.8, 4) is 0 Å². The van der Waals surface area contributed by atoms with Gasteiger partial charge in [0, 0.05) is 18.1 Å². The van der Waals surface area contributed by atoms with Crippen LogP contribution in [0.3, 0.4) is 0 Å². The minimum absolute atomic E-state index is 0.0740. The second kappa shape index (κ2) is 4.17. The Hall–Kier alpha value is -2.50. The Balaban J connectivity index is 2.25. The molecular weight excluding hydrogens is 222 g/mol. The molecule has 2 aromatic rings. The van der Waals surface area contributed by atoms with E-state index in [4.69, 9.17) is 5.11 Å². The molecule has 88 valence electrons. The summed E-state index contributed by atoms with van der Waals surface area (Å²) < 4.78 is 0. The number of anilines is 1.